The third-order valence-electron chi connectivity index (χ3n) is 4.93. The van der Waals surface area contributed by atoms with Gasteiger partial charge in [0, 0.05) is 19.7 Å². The fourth-order valence-electron chi connectivity index (χ4n) is 3.22. The maximum absolute atomic E-state index is 12.8. The van der Waals surface area contributed by atoms with Crippen LogP contribution in [0.4, 0.5) is 13.2 Å². The van der Waals surface area contributed by atoms with Gasteiger partial charge in [0.05, 0.1) is 13.7 Å². The topological polar surface area (TPSA) is 98.8 Å². The highest BCUT2D eigenvalue weighted by Crippen LogP contribution is 2.40. The summed E-state index contributed by atoms with van der Waals surface area (Å²) in [4.78, 5) is 0. The van der Waals surface area contributed by atoms with Crippen LogP contribution < -0.4 is 8.75 Å². The molecule has 2 fully saturated rings. The lowest BCUT2D eigenvalue weighted by atomic mass is 9.79. The summed E-state index contributed by atoms with van der Waals surface area (Å²) in [6, 6.07) is -0.975. The Kier molecular flexibility index (Phi) is 4.98. The lowest BCUT2D eigenvalue weighted by Crippen LogP contribution is -2.46. The smallest absolute Gasteiger partial charge is 0.381 e. The maximum Gasteiger partial charge on any atom is 0.534 e. The molecule has 1 aromatic rings. The molecule has 0 saturated carbocycles. The van der Waals surface area contributed by atoms with Crippen molar-refractivity contribution in [2.24, 2.45) is 12.5 Å². The fourth-order valence-corrected chi connectivity index (χ4v) is 5.22. The second kappa shape index (κ2) is 6.60. The van der Waals surface area contributed by atoms with Gasteiger partial charge >= 0.3 is 31.8 Å². The summed E-state index contributed by atoms with van der Waals surface area (Å²) in [7, 11) is -9.15. The SMILES string of the molecule is C[n+]1ccn(S(=O)(=O)N2CCC3(CCOC3)CC2)c1OS(=O)(=O)C(F)(F)F. The highest BCUT2D eigenvalue weighted by atomic mass is 32.2. The highest BCUT2D eigenvalue weighted by Gasteiger charge is 2.52. The van der Waals surface area contributed by atoms with E-state index in [0.717, 1.165) is 27.7 Å². The van der Waals surface area contributed by atoms with Crippen molar-refractivity contribution in [1.82, 2.24) is 8.28 Å². The second-order valence-corrected chi connectivity index (χ2v) is 10.0. The minimum absolute atomic E-state index is 0.0771. The van der Waals surface area contributed by atoms with Crippen molar-refractivity contribution in [1.29, 1.82) is 0 Å². The number of piperidine rings is 1. The van der Waals surface area contributed by atoms with Crippen molar-refractivity contribution < 1.29 is 43.5 Å². The molecule has 0 atom stereocenters. The quantitative estimate of drug-likeness (QED) is 0.380. The molecule has 2 aliphatic heterocycles. The number of aromatic nitrogens is 2. The molecular weight excluding hydrogens is 415 g/mol. The lowest BCUT2D eigenvalue weighted by Gasteiger charge is -2.36. The molecular formula is C13H19F3N3O6S2+. The van der Waals surface area contributed by atoms with Gasteiger partial charge < -0.3 is 8.92 Å². The lowest BCUT2D eigenvalue weighted by molar-refractivity contribution is -0.673. The maximum atomic E-state index is 12.8. The van der Waals surface area contributed by atoms with Crippen LogP contribution in [0.2, 0.25) is 0 Å². The molecule has 1 aromatic heterocycles. The van der Waals surface area contributed by atoms with Crippen LogP contribution in [0.3, 0.4) is 0 Å². The number of hydrogen-bond acceptors (Lipinski definition) is 6. The summed E-state index contributed by atoms with van der Waals surface area (Å²) in [6.07, 6.45) is 3.97. The summed E-state index contributed by atoms with van der Waals surface area (Å²) in [5, 5.41) is 0. The van der Waals surface area contributed by atoms with Crippen LogP contribution in [-0.2, 0) is 32.1 Å². The van der Waals surface area contributed by atoms with E-state index in [1.165, 1.54) is 7.05 Å². The number of ether oxygens (including phenoxy) is 1. The molecule has 27 heavy (non-hydrogen) atoms. The summed E-state index contributed by atoms with van der Waals surface area (Å²) in [5.41, 5.74) is -5.76. The average molecular weight is 434 g/mol. The zero-order chi connectivity index (χ0) is 20.1. The van der Waals surface area contributed by atoms with Crippen LogP contribution in [0.5, 0.6) is 6.01 Å². The van der Waals surface area contributed by atoms with Gasteiger partial charge in [-0.25, -0.2) is 0 Å². The monoisotopic (exact) mass is 434 g/mol. The van der Waals surface area contributed by atoms with E-state index in [-0.39, 0.29) is 18.5 Å². The van der Waals surface area contributed by atoms with Gasteiger partial charge in [0.25, 0.3) is 0 Å². The number of alkyl halides is 3. The molecule has 3 rings (SSSR count). The number of imidazole rings is 1. The van der Waals surface area contributed by atoms with E-state index in [0.29, 0.717) is 30.0 Å². The predicted octanol–water partition coefficient (Wildman–Crippen LogP) is 0.136. The number of rotatable bonds is 4. The molecule has 154 valence electrons. The van der Waals surface area contributed by atoms with Gasteiger partial charge in [-0.15, -0.1) is 0 Å². The number of halogens is 3. The zero-order valence-electron chi connectivity index (χ0n) is 14.3. The van der Waals surface area contributed by atoms with Crippen molar-refractivity contribution in [2.75, 3.05) is 26.3 Å². The van der Waals surface area contributed by atoms with Crippen LogP contribution in [0.1, 0.15) is 19.3 Å². The molecule has 0 amide bonds. The molecule has 0 aromatic carbocycles. The summed E-state index contributed by atoms with van der Waals surface area (Å²) < 4.78 is 97.9. The largest absolute Gasteiger partial charge is 0.534 e. The first-order valence-corrected chi connectivity index (χ1v) is 10.8. The predicted molar refractivity (Wildman–Crippen MR) is 84.2 cm³/mol. The van der Waals surface area contributed by atoms with Crippen LogP contribution in [0.25, 0.3) is 0 Å². The van der Waals surface area contributed by atoms with E-state index in [4.69, 9.17) is 4.74 Å². The summed E-state index contributed by atoms with van der Waals surface area (Å²) in [5.74, 6) is 0. The van der Waals surface area contributed by atoms with E-state index in [1.54, 1.807) is 0 Å². The van der Waals surface area contributed by atoms with Gasteiger partial charge in [0.2, 0.25) is 0 Å². The third kappa shape index (κ3) is 3.67. The first-order valence-electron chi connectivity index (χ1n) is 8.04. The number of nitrogens with zero attached hydrogens (tertiary/aromatic N) is 3. The first-order chi connectivity index (χ1) is 12.4. The first kappa shape index (κ1) is 20.4. The Bertz CT molecular complexity index is 910. The minimum atomic E-state index is -6.02. The number of aryl methyl sites for hydroxylation is 1. The van der Waals surface area contributed by atoms with Crippen molar-refractivity contribution in [3.8, 4) is 6.01 Å². The molecule has 0 aliphatic carbocycles. The van der Waals surface area contributed by atoms with E-state index < -0.39 is 31.8 Å². The summed E-state index contributed by atoms with van der Waals surface area (Å²) in [6.45, 7) is 1.48. The standard InChI is InChI=1S/C13H19F3N3O6S2/c1-17-7-8-19(11(17)25-26(20,21)13(14,15)16)27(22,23)18-5-2-12(3-6-18)4-9-24-10-12/h7-8H,2-6,9-10H2,1H3/q+1. The Morgan fingerprint density at radius 2 is 1.81 bits per heavy atom. The van der Waals surface area contributed by atoms with E-state index in [1.807, 2.05) is 0 Å². The molecule has 1 spiro atoms. The van der Waals surface area contributed by atoms with Crippen LogP contribution >= 0.6 is 0 Å². The molecule has 2 saturated heterocycles. The van der Waals surface area contributed by atoms with E-state index >= 15 is 0 Å². The Hall–Kier alpha value is -1.38. The summed E-state index contributed by atoms with van der Waals surface area (Å²) >= 11 is 0. The van der Waals surface area contributed by atoms with Crippen LogP contribution in [-0.4, -0.2) is 56.9 Å². The second-order valence-electron chi connectivity index (χ2n) is 6.68. The Balaban J connectivity index is 1.86. The third-order valence-corrected chi connectivity index (χ3v) is 7.65. The Labute approximate surface area is 154 Å². The van der Waals surface area contributed by atoms with E-state index in [2.05, 4.69) is 4.18 Å². The molecule has 2 aliphatic rings. The molecule has 0 radical (unpaired) electrons. The van der Waals surface area contributed by atoms with Gasteiger partial charge in [0.15, 0.2) is 6.20 Å². The molecule has 3 heterocycles. The van der Waals surface area contributed by atoms with Gasteiger partial charge in [-0.2, -0.15) is 38.9 Å². The zero-order valence-corrected chi connectivity index (χ0v) is 16.0. The Morgan fingerprint density at radius 1 is 1.19 bits per heavy atom. The molecule has 0 N–H and O–H groups in total. The normalized spacial score (nSPS) is 21.6. The van der Waals surface area contributed by atoms with Gasteiger partial charge in [0.1, 0.15) is 6.20 Å². The van der Waals surface area contributed by atoms with Gasteiger partial charge in [-0.05, 0) is 24.7 Å². The van der Waals surface area contributed by atoms with Crippen molar-refractivity contribution in [3.05, 3.63) is 12.4 Å². The van der Waals surface area contributed by atoms with E-state index in [9.17, 15) is 30.0 Å². The highest BCUT2D eigenvalue weighted by molar-refractivity contribution is 7.88. The minimum Gasteiger partial charge on any atom is -0.381 e. The van der Waals surface area contributed by atoms with Gasteiger partial charge in [-0.3, -0.25) is 0 Å². The van der Waals surface area contributed by atoms with Crippen LogP contribution in [0, 0.1) is 5.41 Å². The average Bonchev–Trinajstić information content (AvgIpc) is 3.15. The van der Waals surface area contributed by atoms with Crippen molar-refractivity contribution in [2.45, 2.75) is 24.8 Å². The fraction of sp³-hybridized carbons (Fsp3) is 0.769. The van der Waals surface area contributed by atoms with Crippen LogP contribution in [0.15, 0.2) is 12.4 Å². The molecule has 14 heteroatoms. The van der Waals surface area contributed by atoms with Crippen molar-refractivity contribution in [3.63, 3.8) is 0 Å². The molecule has 0 unspecified atom stereocenters. The number of hydrogen-bond donors (Lipinski definition) is 0. The molecule has 0 bridgehead atoms. The van der Waals surface area contributed by atoms with Gasteiger partial charge in [-0.1, -0.05) is 3.97 Å². The Morgan fingerprint density at radius 3 is 2.33 bits per heavy atom. The van der Waals surface area contributed by atoms with Crippen molar-refractivity contribution >= 4 is 20.3 Å². The molecule has 9 nitrogen and oxygen atoms in total.